The molecule has 1 saturated heterocycles. The minimum Gasteiger partial charge on any atom is -0.481 e. The summed E-state index contributed by atoms with van der Waals surface area (Å²) in [6, 6.07) is 16.6. The lowest BCUT2D eigenvalue weighted by atomic mass is 9.78. The maximum Gasteiger partial charge on any atom is 0.304 e. The lowest BCUT2D eigenvalue weighted by Crippen LogP contribution is -2.44. The Hall–Kier alpha value is -3.03. The molecule has 0 bridgehead atoms. The summed E-state index contributed by atoms with van der Waals surface area (Å²) in [5.41, 5.74) is 2.19. The maximum atomic E-state index is 13.6. The molecular formula is C24H21ClN2O4S. The van der Waals surface area contributed by atoms with Crippen LogP contribution in [-0.4, -0.2) is 34.3 Å². The van der Waals surface area contributed by atoms with E-state index >= 15 is 0 Å². The number of nitrogens with zero attached hydrogens (tertiary/aromatic N) is 2. The van der Waals surface area contributed by atoms with Crippen molar-refractivity contribution in [1.82, 2.24) is 4.98 Å². The summed E-state index contributed by atoms with van der Waals surface area (Å²) in [6.45, 7) is -0.119. The number of aliphatic carboxylic acids is 1. The van der Waals surface area contributed by atoms with Crippen molar-refractivity contribution < 1.29 is 19.5 Å². The van der Waals surface area contributed by atoms with Gasteiger partial charge in [0.15, 0.2) is 10.9 Å². The van der Waals surface area contributed by atoms with Gasteiger partial charge in [0.1, 0.15) is 0 Å². The van der Waals surface area contributed by atoms with Crippen LogP contribution in [0.4, 0.5) is 5.13 Å². The third kappa shape index (κ3) is 4.74. The molecule has 2 heterocycles. The van der Waals surface area contributed by atoms with Gasteiger partial charge >= 0.3 is 5.97 Å². The van der Waals surface area contributed by atoms with Crippen molar-refractivity contribution in [3.63, 3.8) is 0 Å². The second-order valence-corrected chi connectivity index (χ2v) is 8.96. The van der Waals surface area contributed by atoms with Crippen LogP contribution in [0.2, 0.25) is 5.02 Å². The average molecular weight is 469 g/mol. The first-order valence-corrected chi connectivity index (χ1v) is 11.5. The van der Waals surface area contributed by atoms with E-state index < -0.39 is 17.8 Å². The zero-order chi connectivity index (χ0) is 22.7. The number of ketones is 1. The van der Waals surface area contributed by atoms with Gasteiger partial charge in [0, 0.05) is 22.4 Å². The van der Waals surface area contributed by atoms with Crippen LogP contribution in [0.25, 0.3) is 11.3 Å². The molecule has 1 aromatic heterocycles. The van der Waals surface area contributed by atoms with Gasteiger partial charge in [-0.05, 0) is 24.0 Å². The molecule has 3 aromatic rings. The Balaban J connectivity index is 1.72. The summed E-state index contributed by atoms with van der Waals surface area (Å²) < 4.78 is 0. The number of carboxylic acid groups (broad SMARTS) is 1. The Morgan fingerprint density at radius 3 is 2.56 bits per heavy atom. The minimum atomic E-state index is -1.05. The lowest BCUT2D eigenvalue weighted by molar-refractivity contribution is -0.141. The predicted octanol–water partition coefficient (Wildman–Crippen LogP) is 5.03. The molecule has 32 heavy (non-hydrogen) atoms. The summed E-state index contributed by atoms with van der Waals surface area (Å²) in [4.78, 5) is 43.8. The fourth-order valence-corrected chi connectivity index (χ4v) is 5.15. The number of hydrogen-bond donors (Lipinski definition) is 1. The number of Topliss-reactive ketones (excluding diaryl/α,β-unsaturated/α-hetero) is 1. The van der Waals surface area contributed by atoms with Crippen LogP contribution in [0, 0.1) is 5.92 Å². The molecular weight excluding hydrogens is 448 g/mol. The molecule has 1 N–H and O–H groups in total. The van der Waals surface area contributed by atoms with E-state index in [9.17, 15) is 19.5 Å². The number of amides is 1. The molecule has 0 radical (unpaired) electrons. The van der Waals surface area contributed by atoms with Crippen molar-refractivity contribution in [1.29, 1.82) is 0 Å². The van der Waals surface area contributed by atoms with Gasteiger partial charge in [-0.25, -0.2) is 4.98 Å². The number of carboxylic acids is 1. The number of carbonyl (C=O) groups excluding carboxylic acids is 2. The molecule has 1 amide bonds. The summed E-state index contributed by atoms with van der Waals surface area (Å²) in [7, 11) is 0. The summed E-state index contributed by atoms with van der Waals surface area (Å²) in [5.74, 6) is -2.69. The highest BCUT2D eigenvalue weighted by Gasteiger charge is 2.38. The van der Waals surface area contributed by atoms with Gasteiger partial charge in [0.05, 0.1) is 24.6 Å². The SMILES string of the molecule is O=C(O)CC1C(=O)N(c2nc(-c3ccccc3Cl)cs2)CC(=O)CCC1c1ccccc1. The third-order valence-electron chi connectivity index (χ3n) is 5.63. The standard InChI is InChI=1S/C24H21ClN2O4S/c25-20-9-5-4-8-18(20)21-14-32-24(26-21)27-13-16(28)10-11-17(15-6-2-1-3-7-15)19(23(27)31)12-22(29)30/h1-9,14,17,19H,10-13H2,(H,29,30). The Morgan fingerprint density at radius 2 is 1.84 bits per heavy atom. The van der Waals surface area contributed by atoms with Crippen molar-refractivity contribution in [3.05, 3.63) is 70.6 Å². The molecule has 0 saturated carbocycles. The number of carbonyl (C=O) groups is 3. The smallest absolute Gasteiger partial charge is 0.304 e. The van der Waals surface area contributed by atoms with E-state index in [2.05, 4.69) is 4.98 Å². The highest BCUT2D eigenvalue weighted by atomic mass is 35.5. The first-order valence-electron chi connectivity index (χ1n) is 10.2. The largest absolute Gasteiger partial charge is 0.481 e. The van der Waals surface area contributed by atoms with Gasteiger partial charge < -0.3 is 5.11 Å². The van der Waals surface area contributed by atoms with Crippen LogP contribution < -0.4 is 4.90 Å². The van der Waals surface area contributed by atoms with E-state index in [1.807, 2.05) is 48.5 Å². The molecule has 0 aliphatic carbocycles. The van der Waals surface area contributed by atoms with Crippen molar-refractivity contribution in [3.8, 4) is 11.3 Å². The van der Waals surface area contributed by atoms with E-state index in [1.165, 1.54) is 16.2 Å². The Morgan fingerprint density at radius 1 is 1.12 bits per heavy atom. The van der Waals surface area contributed by atoms with Crippen molar-refractivity contribution in [2.75, 3.05) is 11.4 Å². The summed E-state index contributed by atoms with van der Waals surface area (Å²) >= 11 is 7.52. The number of aromatic nitrogens is 1. The van der Waals surface area contributed by atoms with E-state index in [1.54, 1.807) is 11.4 Å². The topological polar surface area (TPSA) is 87.6 Å². The Kier molecular flexibility index (Phi) is 6.67. The summed E-state index contributed by atoms with van der Waals surface area (Å²) in [6.07, 6.45) is 0.386. The Labute approximate surface area is 194 Å². The number of benzene rings is 2. The minimum absolute atomic E-state index is 0.0810. The second kappa shape index (κ2) is 9.63. The van der Waals surface area contributed by atoms with E-state index in [0.717, 1.165) is 11.1 Å². The first kappa shape index (κ1) is 22.2. The van der Waals surface area contributed by atoms with E-state index in [-0.39, 0.29) is 31.1 Å². The van der Waals surface area contributed by atoms with Crippen LogP contribution in [0.3, 0.4) is 0 Å². The van der Waals surface area contributed by atoms with E-state index in [4.69, 9.17) is 11.6 Å². The quantitative estimate of drug-likeness (QED) is 0.567. The van der Waals surface area contributed by atoms with Gasteiger partial charge in [-0.2, -0.15) is 0 Å². The molecule has 2 atom stereocenters. The molecule has 2 aromatic carbocycles. The summed E-state index contributed by atoms with van der Waals surface area (Å²) in [5, 5.41) is 12.2. The van der Waals surface area contributed by atoms with Crippen LogP contribution in [-0.2, 0) is 14.4 Å². The van der Waals surface area contributed by atoms with Gasteiger partial charge in [0.2, 0.25) is 5.91 Å². The molecule has 6 nitrogen and oxygen atoms in total. The van der Waals surface area contributed by atoms with Crippen molar-refractivity contribution in [2.45, 2.75) is 25.2 Å². The van der Waals surface area contributed by atoms with Crippen LogP contribution >= 0.6 is 22.9 Å². The molecule has 1 aliphatic rings. The molecule has 8 heteroatoms. The van der Waals surface area contributed by atoms with Gasteiger partial charge in [0.25, 0.3) is 0 Å². The second-order valence-electron chi connectivity index (χ2n) is 7.72. The highest BCUT2D eigenvalue weighted by Crippen LogP contribution is 2.38. The lowest BCUT2D eigenvalue weighted by Gasteiger charge is -2.32. The van der Waals surface area contributed by atoms with E-state index in [0.29, 0.717) is 22.3 Å². The number of rotatable bonds is 5. The Bertz CT molecular complexity index is 1150. The maximum absolute atomic E-state index is 13.6. The first-order chi connectivity index (χ1) is 15.4. The highest BCUT2D eigenvalue weighted by molar-refractivity contribution is 7.14. The van der Waals surface area contributed by atoms with Crippen molar-refractivity contribution >= 4 is 45.7 Å². The molecule has 164 valence electrons. The molecule has 0 spiro atoms. The zero-order valence-corrected chi connectivity index (χ0v) is 18.7. The van der Waals surface area contributed by atoms with Crippen LogP contribution in [0.15, 0.2) is 60.0 Å². The fourth-order valence-electron chi connectivity index (χ4n) is 4.08. The monoisotopic (exact) mass is 468 g/mol. The van der Waals surface area contributed by atoms with Gasteiger partial charge in [-0.1, -0.05) is 60.1 Å². The van der Waals surface area contributed by atoms with Crippen LogP contribution in [0.5, 0.6) is 0 Å². The molecule has 1 fully saturated rings. The van der Waals surface area contributed by atoms with Gasteiger partial charge in [-0.3, -0.25) is 19.3 Å². The molecule has 4 rings (SSSR count). The van der Waals surface area contributed by atoms with Crippen LogP contribution in [0.1, 0.15) is 30.7 Å². The van der Waals surface area contributed by atoms with Crippen molar-refractivity contribution in [2.24, 2.45) is 5.92 Å². The predicted molar refractivity (Wildman–Crippen MR) is 124 cm³/mol. The molecule has 1 aliphatic heterocycles. The number of halogens is 1. The normalized spacial score (nSPS) is 19.5. The third-order valence-corrected chi connectivity index (χ3v) is 6.83. The zero-order valence-electron chi connectivity index (χ0n) is 17.1. The number of thiazole rings is 1. The molecule has 2 unspecified atom stereocenters. The number of hydrogen-bond acceptors (Lipinski definition) is 5. The number of anilines is 1. The fraction of sp³-hybridized carbons (Fsp3) is 0.250. The van der Waals surface area contributed by atoms with Gasteiger partial charge in [-0.15, -0.1) is 11.3 Å². The average Bonchev–Trinajstić information content (AvgIpc) is 3.26.